The van der Waals surface area contributed by atoms with E-state index in [1.807, 2.05) is 24.3 Å². The molecule has 0 radical (unpaired) electrons. The van der Waals surface area contributed by atoms with Gasteiger partial charge in [-0.25, -0.2) is 9.07 Å². The second kappa shape index (κ2) is 7.26. The Morgan fingerprint density at radius 1 is 1.29 bits per heavy atom. The van der Waals surface area contributed by atoms with E-state index in [-0.39, 0.29) is 0 Å². The summed E-state index contributed by atoms with van der Waals surface area (Å²) in [6, 6.07) is 6.73. The van der Waals surface area contributed by atoms with Crippen molar-refractivity contribution < 1.29 is 13.9 Å². The van der Waals surface area contributed by atoms with Crippen LogP contribution >= 0.6 is 0 Å². The molecule has 0 saturated carbocycles. The van der Waals surface area contributed by atoms with E-state index >= 15 is 0 Å². The molecule has 0 spiro atoms. The van der Waals surface area contributed by atoms with E-state index < -0.39 is 18.8 Å². The molecule has 0 aliphatic carbocycles. The van der Waals surface area contributed by atoms with Gasteiger partial charge in [-0.15, -0.1) is 5.10 Å². The Hall–Kier alpha value is -1.83. The molecule has 1 aromatic carbocycles. The second-order valence-corrected chi connectivity index (χ2v) is 4.65. The van der Waals surface area contributed by atoms with Crippen LogP contribution in [0.2, 0.25) is 0 Å². The molecule has 1 heterocycles. The van der Waals surface area contributed by atoms with Crippen molar-refractivity contribution in [2.75, 3.05) is 20.9 Å². The number of aromatic nitrogens is 3. The molecule has 2 rings (SSSR count). The zero-order valence-corrected chi connectivity index (χ0v) is 12.1. The third-order valence-corrected chi connectivity index (χ3v) is 3.14. The number of ether oxygens (including phenoxy) is 2. The first-order chi connectivity index (χ1) is 10.2. The Balaban J connectivity index is 2.17. The number of halogens is 1. The molecule has 2 N–H and O–H groups in total. The quantitative estimate of drug-likeness (QED) is 0.835. The fourth-order valence-electron chi connectivity index (χ4n) is 2.09. The van der Waals surface area contributed by atoms with Crippen LogP contribution in [-0.2, 0) is 16.1 Å². The van der Waals surface area contributed by atoms with Gasteiger partial charge in [-0.2, -0.15) is 0 Å². The molecular formula is C14H19FN4O2. The van der Waals surface area contributed by atoms with Crippen LogP contribution in [0.4, 0.5) is 4.39 Å². The highest BCUT2D eigenvalue weighted by molar-refractivity contribution is 5.35. The fraction of sp³-hybridized carbons (Fsp3) is 0.429. The minimum absolute atomic E-state index is 0.412. The van der Waals surface area contributed by atoms with Crippen molar-refractivity contribution in [1.82, 2.24) is 15.0 Å². The van der Waals surface area contributed by atoms with Gasteiger partial charge in [0.25, 0.3) is 0 Å². The number of nitrogens with two attached hydrogens (primary N) is 1. The van der Waals surface area contributed by atoms with Crippen LogP contribution in [0.3, 0.4) is 0 Å². The summed E-state index contributed by atoms with van der Waals surface area (Å²) in [6.07, 6.45) is 1.32. The van der Waals surface area contributed by atoms with Crippen LogP contribution in [0.25, 0.3) is 5.69 Å². The van der Waals surface area contributed by atoms with Gasteiger partial charge in [-0.3, -0.25) is 0 Å². The van der Waals surface area contributed by atoms with Crippen LogP contribution < -0.4 is 5.73 Å². The third kappa shape index (κ3) is 3.63. The highest BCUT2D eigenvalue weighted by atomic mass is 19.1. The molecular weight excluding hydrogens is 275 g/mol. The van der Waals surface area contributed by atoms with Crippen molar-refractivity contribution in [2.45, 2.75) is 18.8 Å². The van der Waals surface area contributed by atoms with Gasteiger partial charge in [-0.1, -0.05) is 17.3 Å². The number of hydrogen-bond donors (Lipinski definition) is 1. The number of rotatable bonds is 7. The highest BCUT2D eigenvalue weighted by Gasteiger charge is 2.19. The van der Waals surface area contributed by atoms with Gasteiger partial charge in [0.15, 0.2) is 0 Å². The summed E-state index contributed by atoms with van der Waals surface area (Å²) in [5.74, 6) is 0. The summed E-state index contributed by atoms with van der Waals surface area (Å²) in [4.78, 5) is 0. The largest absolute Gasteiger partial charge is 0.378 e. The van der Waals surface area contributed by atoms with Crippen LogP contribution in [0, 0.1) is 0 Å². The molecule has 21 heavy (non-hydrogen) atoms. The van der Waals surface area contributed by atoms with E-state index in [2.05, 4.69) is 10.3 Å². The Kier molecular flexibility index (Phi) is 5.38. The maximum atomic E-state index is 12.7. The number of benzene rings is 1. The van der Waals surface area contributed by atoms with E-state index in [0.29, 0.717) is 6.61 Å². The van der Waals surface area contributed by atoms with Crippen molar-refractivity contribution in [2.24, 2.45) is 5.73 Å². The van der Waals surface area contributed by atoms with Crippen LogP contribution in [0.1, 0.15) is 17.4 Å². The molecule has 7 heteroatoms. The summed E-state index contributed by atoms with van der Waals surface area (Å²) in [6.45, 7) is -0.223. The van der Waals surface area contributed by atoms with Crippen LogP contribution in [0.5, 0.6) is 0 Å². The predicted molar refractivity (Wildman–Crippen MR) is 75.8 cm³/mol. The van der Waals surface area contributed by atoms with Gasteiger partial charge in [0.2, 0.25) is 0 Å². The third-order valence-electron chi connectivity index (χ3n) is 3.14. The van der Waals surface area contributed by atoms with Crippen LogP contribution in [0.15, 0.2) is 30.5 Å². The summed E-state index contributed by atoms with van der Waals surface area (Å²) in [5.41, 5.74) is 8.12. The number of alkyl halides is 1. The van der Waals surface area contributed by atoms with Gasteiger partial charge in [0, 0.05) is 14.2 Å². The van der Waals surface area contributed by atoms with Crippen molar-refractivity contribution in [3.8, 4) is 5.69 Å². The minimum atomic E-state index is -0.680. The molecule has 0 aliphatic heterocycles. The predicted octanol–water partition coefficient (Wildman–Crippen LogP) is 1.40. The van der Waals surface area contributed by atoms with Crippen molar-refractivity contribution in [3.63, 3.8) is 0 Å². The van der Waals surface area contributed by atoms with E-state index in [1.165, 1.54) is 7.11 Å². The van der Waals surface area contributed by atoms with E-state index in [4.69, 9.17) is 15.2 Å². The van der Waals surface area contributed by atoms with Crippen molar-refractivity contribution in [3.05, 3.63) is 41.7 Å². The second-order valence-electron chi connectivity index (χ2n) is 4.65. The summed E-state index contributed by atoms with van der Waals surface area (Å²) >= 11 is 0. The van der Waals surface area contributed by atoms with E-state index in [9.17, 15) is 4.39 Å². The van der Waals surface area contributed by atoms with Crippen molar-refractivity contribution in [1.29, 1.82) is 0 Å². The van der Waals surface area contributed by atoms with Gasteiger partial charge < -0.3 is 15.2 Å². The molecule has 114 valence electrons. The Labute approximate surface area is 122 Å². The number of nitrogens with zero attached hydrogens (tertiary/aromatic N) is 3. The molecule has 2 aromatic rings. The molecule has 1 aromatic heterocycles. The average molecular weight is 294 g/mol. The molecule has 0 aliphatic rings. The first-order valence-electron chi connectivity index (χ1n) is 6.54. The molecule has 2 atom stereocenters. The van der Waals surface area contributed by atoms with Gasteiger partial charge in [-0.05, 0) is 17.7 Å². The molecule has 0 amide bonds. The van der Waals surface area contributed by atoms with Gasteiger partial charge in [0.05, 0.1) is 30.6 Å². The zero-order chi connectivity index (χ0) is 15.2. The Morgan fingerprint density at radius 2 is 2.00 bits per heavy atom. The highest BCUT2D eigenvalue weighted by Crippen LogP contribution is 2.21. The van der Waals surface area contributed by atoms with Gasteiger partial charge in [0.1, 0.15) is 12.4 Å². The lowest BCUT2D eigenvalue weighted by molar-refractivity contribution is 0.0721. The van der Waals surface area contributed by atoms with Crippen LogP contribution in [-0.4, -0.2) is 41.9 Å². The SMILES string of the molecule is COCc1cn(-c2ccc([C@@H](OC)[C@H](N)CF)cc2)nn1. The van der Waals surface area contributed by atoms with Gasteiger partial charge >= 0.3 is 0 Å². The maximum Gasteiger partial charge on any atom is 0.109 e. The lowest BCUT2D eigenvalue weighted by Crippen LogP contribution is -2.31. The Morgan fingerprint density at radius 3 is 2.57 bits per heavy atom. The normalized spacial score (nSPS) is 14.1. The Bertz CT molecular complexity index is 558. The number of methoxy groups -OCH3 is 2. The molecule has 0 fully saturated rings. The molecule has 0 bridgehead atoms. The first kappa shape index (κ1) is 15.6. The topological polar surface area (TPSA) is 75.2 Å². The smallest absolute Gasteiger partial charge is 0.109 e. The summed E-state index contributed by atoms with van der Waals surface area (Å²) in [7, 11) is 3.12. The lowest BCUT2D eigenvalue weighted by atomic mass is 10.0. The zero-order valence-electron chi connectivity index (χ0n) is 12.1. The summed E-state index contributed by atoms with van der Waals surface area (Å²) < 4.78 is 24.6. The molecule has 0 unspecified atom stereocenters. The lowest BCUT2D eigenvalue weighted by Gasteiger charge is -2.20. The average Bonchev–Trinajstić information content (AvgIpc) is 2.97. The fourth-order valence-corrected chi connectivity index (χ4v) is 2.09. The maximum absolute atomic E-state index is 12.7. The monoisotopic (exact) mass is 294 g/mol. The minimum Gasteiger partial charge on any atom is -0.378 e. The van der Waals surface area contributed by atoms with E-state index in [1.54, 1.807) is 18.0 Å². The first-order valence-corrected chi connectivity index (χ1v) is 6.54. The summed E-state index contributed by atoms with van der Waals surface area (Å²) in [5, 5.41) is 8.01. The standard InChI is InChI=1S/C14H19FN4O2/c1-20-9-11-8-19(18-17-11)12-5-3-10(4-6-12)14(21-2)13(16)7-15/h3-6,8,13-14H,7,9,16H2,1-2H3/t13-,14-/m1/s1. The van der Waals surface area contributed by atoms with Crippen molar-refractivity contribution >= 4 is 0 Å². The molecule has 0 saturated heterocycles. The number of hydrogen-bond acceptors (Lipinski definition) is 5. The van der Waals surface area contributed by atoms with E-state index in [0.717, 1.165) is 16.9 Å². The molecule has 6 nitrogen and oxygen atoms in total.